The van der Waals surface area contributed by atoms with Crippen molar-refractivity contribution in [3.63, 3.8) is 0 Å². The second-order valence-electron chi connectivity index (χ2n) is 5.18. The Morgan fingerprint density at radius 3 is 1.85 bits per heavy atom. The third-order valence-corrected chi connectivity index (χ3v) is 5.28. The molecule has 0 rings (SSSR count). The standard InChI is InChI=1S/C14H31NO3S2/c1-2-3-4-5-6-7-8-9-10-11-12-15-13-14-19-20(16,17)18/h15H,2-14H2,1H3,(H,16,17,18). The predicted octanol–water partition coefficient (Wildman–Crippen LogP) is 4.03. The van der Waals surface area contributed by atoms with Gasteiger partial charge >= 0.3 is 9.15 Å². The zero-order chi connectivity index (χ0) is 15.1. The Hall–Kier alpha value is 0.220. The highest BCUT2D eigenvalue weighted by Crippen LogP contribution is 2.10. The maximum absolute atomic E-state index is 10.4. The molecule has 2 N–H and O–H groups in total. The predicted molar refractivity (Wildman–Crippen MR) is 88.7 cm³/mol. The summed E-state index contributed by atoms with van der Waals surface area (Å²) in [6, 6.07) is 0. The number of unbranched alkanes of at least 4 members (excludes halogenated alkanes) is 9. The SMILES string of the molecule is CCCCCCCCCCCCNCCSS(=O)(=O)O. The summed E-state index contributed by atoms with van der Waals surface area (Å²) in [5.74, 6) is 0.399. The smallest absolute Gasteiger partial charge is 0.316 e. The summed E-state index contributed by atoms with van der Waals surface area (Å²) in [4.78, 5) is 0. The van der Waals surface area contributed by atoms with Crippen molar-refractivity contribution >= 4 is 19.9 Å². The second kappa shape index (κ2) is 14.2. The molecule has 20 heavy (non-hydrogen) atoms. The highest BCUT2D eigenvalue weighted by molar-refractivity contribution is 8.69. The topological polar surface area (TPSA) is 66.4 Å². The van der Waals surface area contributed by atoms with Crippen LogP contribution in [0, 0.1) is 0 Å². The van der Waals surface area contributed by atoms with Gasteiger partial charge < -0.3 is 5.32 Å². The zero-order valence-corrected chi connectivity index (χ0v) is 14.4. The fraction of sp³-hybridized carbons (Fsp3) is 1.00. The van der Waals surface area contributed by atoms with Gasteiger partial charge in [-0.15, -0.1) is 0 Å². The first-order valence-electron chi connectivity index (χ1n) is 7.89. The van der Waals surface area contributed by atoms with Gasteiger partial charge in [0.1, 0.15) is 0 Å². The van der Waals surface area contributed by atoms with Crippen molar-refractivity contribution in [2.75, 3.05) is 18.8 Å². The summed E-state index contributed by atoms with van der Waals surface area (Å²) in [7, 11) is -3.28. The fourth-order valence-corrected chi connectivity index (χ4v) is 3.40. The van der Waals surface area contributed by atoms with E-state index in [0.29, 0.717) is 23.1 Å². The molecule has 0 amide bonds. The van der Waals surface area contributed by atoms with Crippen LogP contribution in [0.25, 0.3) is 0 Å². The van der Waals surface area contributed by atoms with Gasteiger partial charge in [-0.3, -0.25) is 4.55 Å². The molecule has 0 unspecified atom stereocenters. The monoisotopic (exact) mass is 325 g/mol. The van der Waals surface area contributed by atoms with Gasteiger partial charge in [-0.05, 0) is 23.8 Å². The number of hydrogen-bond acceptors (Lipinski definition) is 4. The highest BCUT2D eigenvalue weighted by Gasteiger charge is 2.03. The van der Waals surface area contributed by atoms with E-state index in [1.54, 1.807) is 0 Å². The Kier molecular flexibility index (Phi) is 14.3. The van der Waals surface area contributed by atoms with Crippen LogP contribution in [0.1, 0.15) is 71.1 Å². The molecule has 0 radical (unpaired) electrons. The lowest BCUT2D eigenvalue weighted by atomic mass is 10.1. The van der Waals surface area contributed by atoms with E-state index in [1.807, 2.05) is 0 Å². The van der Waals surface area contributed by atoms with Crippen LogP contribution in [-0.2, 0) is 9.15 Å². The highest BCUT2D eigenvalue weighted by atomic mass is 33.1. The number of hydrogen-bond donors (Lipinski definition) is 2. The first-order chi connectivity index (χ1) is 9.56. The molecule has 0 aliphatic rings. The van der Waals surface area contributed by atoms with Gasteiger partial charge in [0.05, 0.1) is 0 Å². The largest absolute Gasteiger partial charge is 0.319 e. The summed E-state index contributed by atoms with van der Waals surface area (Å²) in [6.45, 7) is 3.81. The van der Waals surface area contributed by atoms with Crippen LogP contribution in [0.2, 0.25) is 0 Å². The van der Waals surface area contributed by atoms with Gasteiger partial charge in [-0.1, -0.05) is 64.7 Å². The Bertz CT molecular complexity index is 295. The minimum Gasteiger partial charge on any atom is -0.316 e. The van der Waals surface area contributed by atoms with Gasteiger partial charge in [0.25, 0.3) is 0 Å². The van der Waals surface area contributed by atoms with Crippen molar-refractivity contribution in [3.8, 4) is 0 Å². The maximum atomic E-state index is 10.4. The second-order valence-corrected chi connectivity index (χ2v) is 8.65. The summed E-state index contributed by atoms with van der Waals surface area (Å²) >= 11 is 0. The van der Waals surface area contributed by atoms with Gasteiger partial charge in [0.15, 0.2) is 0 Å². The molecule has 0 bridgehead atoms. The third-order valence-electron chi connectivity index (χ3n) is 3.22. The van der Waals surface area contributed by atoms with Crippen LogP contribution in [-0.4, -0.2) is 31.8 Å². The lowest BCUT2D eigenvalue weighted by Gasteiger charge is -2.04. The van der Waals surface area contributed by atoms with Crippen molar-refractivity contribution in [2.24, 2.45) is 0 Å². The fourth-order valence-electron chi connectivity index (χ4n) is 2.08. The first kappa shape index (κ1) is 20.2. The third kappa shape index (κ3) is 18.2. The van der Waals surface area contributed by atoms with Crippen LogP contribution in [0.4, 0.5) is 0 Å². The molecule has 0 saturated carbocycles. The minimum atomic E-state index is -3.86. The molecule has 0 atom stereocenters. The molecule has 0 aliphatic carbocycles. The molecular weight excluding hydrogens is 294 g/mol. The molecule has 0 aromatic rings. The average molecular weight is 326 g/mol. The van der Waals surface area contributed by atoms with E-state index in [4.69, 9.17) is 4.55 Å². The van der Waals surface area contributed by atoms with Crippen molar-refractivity contribution in [3.05, 3.63) is 0 Å². The Morgan fingerprint density at radius 1 is 0.850 bits per heavy atom. The van der Waals surface area contributed by atoms with Crippen LogP contribution in [0.3, 0.4) is 0 Å². The Morgan fingerprint density at radius 2 is 1.35 bits per heavy atom. The van der Waals surface area contributed by atoms with Crippen LogP contribution < -0.4 is 5.32 Å². The number of nitrogens with one attached hydrogen (secondary N) is 1. The molecule has 0 heterocycles. The Balaban J connectivity index is 3.03. The van der Waals surface area contributed by atoms with Crippen LogP contribution in [0.15, 0.2) is 0 Å². The van der Waals surface area contributed by atoms with E-state index in [1.165, 1.54) is 57.8 Å². The quantitative estimate of drug-likeness (QED) is 0.270. The summed E-state index contributed by atoms with van der Waals surface area (Å²) < 4.78 is 29.4. The summed E-state index contributed by atoms with van der Waals surface area (Å²) in [5.41, 5.74) is 0. The van der Waals surface area contributed by atoms with Crippen molar-refractivity contribution < 1.29 is 13.0 Å². The summed E-state index contributed by atoms with van der Waals surface area (Å²) in [5, 5.41) is 3.19. The Labute approximate surface area is 128 Å². The normalized spacial score (nSPS) is 11.9. The van der Waals surface area contributed by atoms with E-state index < -0.39 is 9.15 Å². The lowest BCUT2D eigenvalue weighted by molar-refractivity contribution is 0.503. The molecular formula is C14H31NO3S2. The van der Waals surface area contributed by atoms with E-state index in [0.717, 1.165) is 13.0 Å². The van der Waals surface area contributed by atoms with Crippen LogP contribution >= 0.6 is 10.8 Å². The molecule has 122 valence electrons. The van der Waals surface area contributed by atoms with E-state index >= 15 is 0 Å². The molecule has 4 nitrogen and oxygen atoms in total. The number of rotatable bonds is 15. The maximum Gasteiger partial charge on any atom is 0.319 e. The van der Waals surface area contributed by atoms with Crippen molar-refractivity contribution in [2.45, 2.75) is 71.1 Å². The zero-order valence-electron chi connectivity index (χ0n) is 12.8. The van der Waals surface area contributed by atoms with Crippen molar-refractivity contribution in [1.82, 2.24) is 5.32 Å². The van der Waals surface area contributed by atoms with Gasteiger partial charge in [0.2, 0.25) is 0 Å². The van der Waals surface area contributed by atoms with E-state index in [2.05, 4.69) is 12.2 Å². The average Bonchev–Trinajstić information content (AvgIpc) is 2.38. The van der Waals surface area contributed by atoms with Gasteiger partial charge in [-0.25, -0.2) is 0 Å². The van der Waals surface area contributed by atoms with E-state index in [9.17, 15) is 8.42 Å². The molecule has 0 aliphatic heterocycles. The molecule has 6 heteroatoms. The summed E-state index contributed by atoms with van der Waals surface area (Å²) in [6.07, 6.45) is 13.2. The molecule has 0 aromatic heterocycles. The van der Waals surface area contributed by atoms with E-state index in [-0.39, 0.29) is 0 Å². The first-order valence-corrected chi connectivity index (χ1v) is 10.8. The molecule has 0 saturated heterocycles. The molecule has 0 spiro atoms. The molecule has 0 fully saturated rings. The lowest BCUT2D eigenvalue weighted by Crippen LogP contribution is -2.18. The van der Waals surface area contributed by atoms with Crippen molar-refractivity contribution in [1.29, 1.82) is 0 Å². The van der Waals surface area contributed by atoms with Crippen LogP contribution in [0.5, 0.6) is 0 Å². The minimum absolute atomic E-state index is 0.399. The van der Waals surface area contributed by atoms with Gasteiger partial charge in [-0.2, -0.15) is 8.42 Å². The van der Waals surface area contributed by atoms with Gasteiger partial charge in [0, 0.05) is 12.3 Å². The molecule has 0 aromatic carbocycles.